The van der Waals surface area contributed by atoms with Crippen LogP contribution < -0.4 is 0 Å². The number of hydrogen-bond donors (Lipinski definition) is 1. The van der Waals surface area contributed by atoms with Crippen LogP contribution in [0, 0.1) is 6.92 Å². The van der Waals surface area contributed by atoms with E-state index in [0.717, 1.165) is 41.9 Å². The van der Waals surface area contributed by atoms with Gasteiger partial charge in [-0.15, -0.1) is 0 Å². The molecule has 0 unspecified atom stereocenters. The van der Waals surface area contributed by atoms with E-state index in [4.69, 9.17) is 4.74 Å². The van der Waals surface area contributed by atoms with Gasteiger partial charge in [-0.05, 0) is 31.4 Å². The highest BCUT2D eigenvalue weighted by Gasteiger charge is 2.26. The summed E-state index contributed by atoms with van der Waals surface area (Å²) < 4.78 is 4.97. The molecular formula is C17H20N2O2. The van der Waals surface area contributed by atoms with Crippen LogP contribution in [0.15, 0.2) is 29.8 Å². The second-order valence-corrected chi connectivity index (χ2v) is 5.51. The van der Waals surface area contributed by atoms with Crippen molar-refractivity contribution in [2.45, 2.75) is 19.8 Å². The number of aromatic nitrogens is 1. The van der Waals surface area contributed by atoms with E-state index < -0.39 is 0 Å². The molecule has 0 radical (unpaired) electrons. The number of aryl methyl sites for hydroxylation is 1. The lowest BCUT2D eigenvalue weighted by Gasteiger charge is -2.29. The Bertz CT molecular complexity index is 727. The van der Waals surface area contributed by atoms with Crippen LogP contribution in [0.3, 0.4) is 0 Å². The smallest absolute Gasteiger partial charge is 0.335 e. The number of rotatable bonds is 2. The monoisotopic (exact) mass is 284 g/mol. The Hall–Kier alpha value is -2.23. The van der Waals surface area contributed by atoms with Gasteiger partial charge in [0.15, 0.2) is 0 Å². The summed E-state index contributed by atoms with van der Waals surface area (Å²) in [5, 5.41) is 1.20. The van der Waals surface area contributed by atoms with Crippen LogP contribution in [0.25, 0.3) is 16.6 Å². The number of aromatic amines is 1. The van der Waals surface area contributed by atoms with Gasteiger partial charge < -0.3 is 14.6 Å². The number of para-hydroxylation sites is 1. The first kappa shape index (κ1) is 13.7. The van der Waals surface area contributed by atoms with Crippen LogP contribution in [0.4, 0.5) is 0 Å². The molecule has 110 valence electrons. The van der Waals surface area contributed by atoms with Crippen LogP contribution >= 0.6 is 0 Å². The van der Waals surface area contributed by atoms with Crippen molar-refractivity contribution in [3.05, 3.63) is 41.1 Å². The maximum Gasteiger partial charge on any atom is 0.335 e. The summed E-state index contributed by atoms with van der Waals surface area (Å²) in [5.74, 6) is -0.227. The quantitative estimate of drug-likeness (QED) is 0.862. The number of carbonyl (C=O) groups is 1. The number of nitrogens with zero attached hydrogens (tertiary/aromatic N) is 1. The third-order valence-electron chi connectivity index (χ3n) is 4.22. The molecule has 0 fully saturated rings. The van der Waals surface area contributed by atoms with Crippen molar-refractivity contribution < 1.29 is 9.53 Å². The molecule has 21 heavy (non-hydrogen) atoms. The third kappa shape index (κ3) is 2.20. The summed E-state index contributed by atoms with van der Waals surface area (Å²) in [5.41, 5.74) is 5.04. The minimum Gasteiger partial charge on any atom is -0.466 e. The Morgan fingerprint density at radius 2 is 2.10 bits per heavy atom. The molecule has 2 aromatic rings. The van der Waals surface area contributed by atoms with Gasteiger partial charge in [0, 0.05) is 24.5 Å². The lowest BCUT2D eigenvalue weighted by atomic mass is 9.98. The zero-order valence-electron chi connectivity index (χ0n) is 12.7. The van der Waals surface area contributed by atoms with Crippen molar-refractivity contribution in [1.29, 1.82) is 0 Å². The number of benzene rings is 1. The molecule has 0 saturated carbocycles. The summed E-state index contributed by atoms with van der Waals surface area (Å²) in [6.07, 6.45) is 1.74. The predicted molar refractivity (Wildman–Crippen MR) is 83.8 cm³/mol. The zero-order chi connectivity index (χ0) is 15.0. The average molecular weight is 284 g/mol. The van der Waals surface area contributed by atoms with Crippen LogP contribution in [-0.4, -0.2) is 36.6 Å². The minimum absolute atomic E-state index is 0.227. The summed E-state index contributed by atoms with van der Waals surface area (Å²) in [4.78, 5) is 17.7. The molecule has 2 heterocycles. The van der Waals surface area contributed by atoms with Crippen molar-refractivity contribution in [2.24, 2.45) is 0 Å². The molecule has 1 aromatic carbocycles. The van der Waals surface area contributed by atoms with Gasteiger partial charge in [-0.25, -0.2) is 4.79 Å². The van der Waals surface area contributed by atoms with Gasteiger partial charge in [0.2, 0.25) is 0 Å². The van der Waals surface area contributed by atoms with Crippen molar-refractivity contribution in [1.82, 2.24) is 9.88 Å². The number of carbonyl (C=O) groups excluding carboxylic acids is 1. The van der Waals surface area contributed by atoms with Gasteiger partial charge in [0.05, 0.1) is 24.1 Å². The van der Waals surface area contributed by atoms with Crippen LogP contribution in [0.1, 0.15) is 24.1 Å². The Balaban J connectivity index is 2.24. The van der Waals surface area contributed by atoms with Crippen molar-refractivity contribution in [2.75, 3.05) is 20.7 Å². The first-order valence-electron chi connectivity index (χ1n) is 7.23. The molecule has 4 nitrogen and oxygen atoms in total. The molecule has 1 aliphatic rings. The van der Waals surface area contributed by atoms with Gasteiger partial charge in [-0.1, -0.05) is 18.2 Å². The molecule has 0 bridgehead atoms. The van der Waals surface area contributed by atoms with E-state index in [-0.39, 0.29) is 5.97 Å². The van der Waals surface area contributed by atoms with Gasteiger partial charge >= 0.3 is 5.97 Å². The summed E-state index contributed by atoms with van der Waals surface area (Å²) in [7, 11) is 3.47. The van der Waals surface area contributed by atoms with Gasteiger partial charge in [0.1, 0.15) is 0 Å². The lowest BCUT2D eigenvalue weighted by Crippen LogP contribution is -2.27. The molecular weight excluding hydrogens is 264 g/mol. The Morgan fingerprint density at radius 1 is 1.33 bits per heavy atom. The molecule has 0 spiro atoms. The second-order valence-electron chi connectivity index (χ2n) is 5.51. The van der Waals surface area contributed by atoms with Gasteiger partial charge in [0.25, 0.3) is 0 Å². The molecule has 1 aliphatic heterocycles. The largest absolute Gasteiger partial charge is 0.466 e. The number of H-pyrrole nitrogens is 1. The van der Waals surface area contributed by atoms with Crippen LogP contribution in [0.2, 0.25) is 0 Å². The van der Waals surface area contributed by atoms with E-state index in [0.29, 0.717) is 0 Å². The Kier molecular flexibility index (Phi) is 3.45. The van der Waals surface area contributed by atoms with Crippen molar-refractivity contribution in [3.8, 4) is 0 Å². The SMILES string of the molecule is COC(=O)C1=C(c2[nH]c3ccccc3c2C)N(C)CCC1. The number of fused-ring (bicyclic) bond motifs is 1. The standard InChI is InChI=1S/C17H20N2O2/c1-11-12-7-4-5-9-14(12)18-15(11)16-13(17(20)21-3)8-6-10-19(16)2/h4-5,7,9,18H,6,8,10H2,1-3H3. The third-order valence-corrected chi connectivity index (χ3v) is 4.22. The lowest BCUT2D eigenvalue weighted by molar-refractivity contribution is -0.136. The fourth-order valence-corrected chi connectivity index (χ4v) is 3.14. The predicted octanol–water partition coefficient (Wildman–Crippen LogP) is 3.09. The molecule has 4 heteroatoms. The second kappa shape index (κ2) is 5.28. The molecule has 1 aromatic heterocycles. The van der Waals surface area contributed by atoms with E-state index in [1.54, 1.807) is 0 Å². The number of esters is 1. The van der Waals surface area contributed by atoms with Gasteiger partial charge in [-0.3, -0.25) is 0 Å². The molecule has 0 amide bonds. The maximum absolute atomic E-state index is 12.1. The highest BCUT2D eigenvalue weighted by atomic mass is 16.5. The normalized spacial score (nSPS) is 15.7. The molecule has 0 aliphatic carbocycles. The number of hydrogen-bond acceptors (Lipinski definition) is 3. The van der Waals surface area contributed by atoms with Crippen molar-refractivity contribution >= 4 is 22.6 Å². The molecule has 1 N–H and O–H groups in total. The highest BCUT2D eigenvalue weighted by molar-refractivity contribution is 5.99. The average Bonchev–Trinajstić information content (AvgIpc) is 2.83. The molecule has 0 atom stereocenters. The first-order chi connectivity index (χ1) is 10.1. The van der Waals surface area contributed by atoms with Crippen molar-refractivity contribution in [3.63, 3.8) is 0 Å². The van der Waals surface area contributed by atoms with Crippen LogP contribution in [-0.2, 0) is 9.53 Å². The summed E-state index contributed by atoms with van der Waals surface area (Å²) in [6, 6.07) is 8.22. The topological polar surface area (TPSA) is 45.3 Å². The minimum atomic E-state index is -0.227. The molecule has 3 rings (SSSR count). The number of methoxy groups -OCH3 is 1. The fourth-order valence-electron chi connectivity index (χ4n) is 3.14. The molecule has 0 saturated heterocycles. The van der Waals surface area contributed by atoms with Crippen LogP contribution in [0.5, 0.6) is 0 Å². The summed E-state index contributed by atoms with van der Waals surface area (Å²) >= 11 is 0. The Morgan fingerprint density at radius 3 is 2.81 bits per heavy atom. The summed E-state index contributed by atoms with van der Waals surface area (Å²) in [6.45, 7) is 3.04. The van der Waals surface area contributed by atoms with E-state index in [1.165, 1.54) is 18.1 Å². The number of ether oxygens (including phenoxy) is 1. The Labute approximate surface area is 124 Å². The number of nitrogens with one attached hydrogen (secondary N) is 1. The van der Waals surface area contributed by atoms with E-state index >= 15 is 0 Å². The first-order valence-corrected chi connectivity index (χ1v) is 7.23. The van der Waals surface area contributed by atoms with Gasteiger partial charge in [-0.2, -0.15) is 0 Å². The zero-order valence-corrected chi connectivity index (χ0v) is 12.7. The van der Waals surface area contributed by atoms with E-state index in [2.05, 4.69) is 28.9 Å². The fraction of sp³-hybridized carbons (Fsp3) is 0.353. The van der Waals surface area contributed by atoms with E-state index in [9.17, 15) is 4.79 Å². The highest BCUT2D eigenvalue weighted by Crippen LogP contribution is 2.34. The van der Waals surface area contributed by atoms with E-state index in [1.807, 2.05) is 19.2 Å². The maximum atomic E-state index is 12.1.